The lowest BCUT2D eigenvalue weighted by molar-refractivity contribution is 1.14. The number of aromatic nitrogens is 5. The van der Waals surface area contributed by atoms with E-state index in [1.165, 1.54) is 21.9 Å². The summed E-state index contributed by atoms with van der Waals surface area (Å²) in [7, 11) is 0. The summed E-state index contributed by atoms with van der Waals surface area (Å²) in [4.78, 5) is 21.0. The summed E-state index contributed by atoms with van der Waals surface area (Å²) in [5, 5.41) is 2.41. The zero-order chi connectivity index (χ0) is 38.3. The van der Waals surface area contributed by atoms with Crippen LogP contribution in [0.3, 0.4) is 0 Å². The van der Waals surface area contributed by atoms with Gasteiger partial charge in [0.2, 0.25) is 0 Å². The molecule has 0 unspecified atom stereocenters. The van der Waals surface area contributed by atoms with E-state index in [4.69, 9.17) is 19.9 Å². The number of hydrogen-bond acceptors (Lipinski definition) is 4. The fourth-order valence-electron chi connectivity index (χ4n) is 7.72. The minimum atomic E-state index is 0.637. The van der Waals surface area contributed by atoms with E-state index in [1.807, 2.05) is 60.7 Å². The van der Waals surface area contributed by atoms with Gasteiger partial charge in [0.25, 0.3) is 0 Å². The predicted octanol–water partition coefficient (Wildman–Crippen LogP) is 13.0. The SMILES string of the molecule is Cc1ccc2c3ccc(C)cc3n(-c3ccc(-c4nc(-c5ccccc5)cc(-c5ccccc5)n4)cc3-c3cc(-c4ccccc4)nc(-c4ccccc4)n3)c2c1. The molecule has 57 heavy (non-hydrogen) atoms. The summed E-state index contributed by atoms with van der Waals surface area (Å²) in [6, 6.07) is 65.4. The third-order valence-corrected chi connectivity index (χ3v) is 10.5. The molecule has 0 aliphatic rings. The van der Waals surface area contributed by atoms with E-state index in [-0.39, 0.29) is 0 Å². The van der Waals surface area contributed by atoms with Crippen molar-refractivity contribution in [3.8, 4) is 73.5 Å². The highest BCUT2D eigenvalue weighted by molar-refractivity contribution is 6.10. The molecule has 0 N–H and O–H groups in total. The molecule has 3 heterocycles. The van der Waals surface area contributed by atoms with Crippen molar-refractivity contribution in [1.82, 2.24) is 24.5 Å². The molecule has 0 atom stereocenters. The molecule has 0 amide bonds. The molecule has 0 spiro atoms. The molecule has 270 valence electrons. The van der Waals surface area contributed by atoms with Crippen molar-refractivity contribution in [1.29, 1.82) is 0 Å². The maximum absolute atomic E-state index is 5.36. The quantitative estimate of drug-likeness (QED) is 0.164. The van der Waals surface area contributed by atoms with Gasteiger partial charge in [-0.3, -0.25) is 0 Å². The highest BCUT2D eigenvalue weighted by atomic mass is 15.0. The van der Waals surface area contributed by atoms with Gasteiger partial charge in [-0.15, -0.1) is 0 Å². The standard InChI is InChI=1S/C52H37N5/c1-34-23-26-41-42-27-24-35(2)30-50(42)57(49(41)29-34)48-28-25-40(52-54-44(36-15-7-3-8-16-36)32-45(55-52)37-17-9-4-10-18-37)31-43(48)47-33-46(38-19-11-5-12-20-38)53-51(56-47)39-21-13-6-14-22-39/h3-33H,1-2H3. The average molecular weight is 732 g/mol. The van der Waals surface area contributed by atoms with Crippen LogP contribution in [0, 0.1) is 13.8 Å². The lowest BCUT2D eigenvalue weighted by Gasteiger charge is -2.17. The van der Waals surface area contributed by atoms with Gasteiger partial charge in [0, 0.05) is 44.2 Å². The number of aryl methyl sites for hydroxylation is 2. The van der Waals surface area contributed by atoms with E-state index in [9.17, 15) is 0 Å². The zero-order valence-corrected chi connectivity index (χ0v) is 31.6. The summed E-state index contributed by atoms with van der Waals surface area (Å²) in [5.41, 5.74) is 14.9. The third-order valence-electron chi connectivity index (χ3n) is 10.5. The molecule has 0 aliphatic heterocycles. The van der Waals surface area contributed by atoms with Crippen LogP contribution >= 0.6 is 0 Å². The van der Waals surface area contributed by atoms with Crippen molar-refractivity contribution in [2.75, 3.05) is 0 Å². The highest BCUT2D eigenvalue weighted by Crippen LogP contribution is 2.40. The van der Waals surface area contributed by atoms with Crippen LogP contribution in [-0.4, -0.2) is 24.5 Å². The monoisotopic (exact) mass is 731 g/mol. The second-order valence-corrected chi connectivity index (χ2v) is 14.5. The molecule has 0 aliphatic carbocycles. The van der Waals surface area contributed by atoms with Crippen LogP contribution in [0.25, 0.3) is 95.3 Å². The lowest BCUT2D eigenvalue weighted by atomic mass is 10.0. The molecule has 0 bridgehead atoms. The van der Waals surface area contributed by atoms with Gasteiger partial charge in [-0.25, -0.2) is 19.9 Å². The van der Waals surface area contributed by atoms with Gasteiger partial charge >= 0.3 is 0 Å². The van der Waals surface area contributed by atoms with Crippen LogP contribution in [0.2, 0.25) is 0 Å². The van der Waals surface area contributed by atoms with E-state index in [2.05, 4.69) is 146 Å². The van der Waals surface area contributed by atoms with Gasteiger partial charge in [-0.2, -0.15) is 0 Å². The van der Waals surface area contributed by atoms with Gasteiger partial charge in [-0.1, -0.05) is 146 Å². The maximum Gasteiger partial charge on any atom is 0.160 e. The molecule has 0 saturated carbocycles. The van der Waals surface area contributed by atoms with Crippen LogP contribution in [-0.2, 0) is 0 Å². The van der Waals surface area contributed by atoms with E-state index in [0.717, 1.165) is 72.9 Å². The van der Waals surface area contributed by atoms with E-state index < -0.39 is 0 Å². The first-order chi connectivity index (χ1) is 28.1. The van der Waals surface area contributed by atoms with Gasteiger partial charge in [0.15, 0.2) is 11.6 Å². The number of benzene rings is 7. The Bertz CT molecular complexity index is 2890. The fourth-order valence-corrected chi connectivity index (χ4v) is 7.72. The molecular formula is C52H37N5. The Labute approximate surface area is 331 Å². The Kier molecular flexibility index (Phi) is 8.53. The smallest absolute Gasteiger partial charge is 0.160 e. The predicted molar refractivity (Wildman–Crippen MR) is 234 cm³/mol. The zero-order valence-electron chi connectivity index (χ0n) is 31.6. The van der Waals surface area contributed by atoms with Crippen LogP contribution in [0.5, 0.6) is 0 Å². The van der Waals surface area contributed by atoms with Crippen molar-refractivity contribution < 1.29 is 0 Å². The largest absolute Gasteiger partial charge is 0.309 e. The molecule has 3 aromatic heterocycles. The normalized spacial score (nSPS) is 11.3. The molecule has 7 aromatic carbocycles. The van der Waals surface area contributed by atoms with Crippen molar-refractivity contribution in [2.45, 2.75) is 13.8 Å². The summed E-state index contributed by atoms with van der Waals surface area (Å²) in [6.07, 6.45) is 0. The second kappa shape index (κ2) is 14.3. The van der Waals surface area contributed by atoms with Crippen molar-refractivity contribution in [3.05, 3.63) is 199 Å². The summed E-state index contributed by atoms with van der Waals surface area (Å²) in [5.74, 6) is 1.29. The Hall–Kier alpha value is -7.50. The van der Waals surface area contributed by atoms with Crippen molar-refractivity contribution in [3.63, 3.8) is 0 Å². The molecule has 0 radical (unpaired) electrons. The topological polar surface area (TPSA) is 56.5 Å². The third kappa shape index (κ3) is 6.45. The molecule has 10 rings (SSSR count). The second-order valence-electron chi connectivity index (χ2n) is 14.5. The Morgan fingerprint density at radius 2 is 0.737 bits per heavy atom. The minimum absolute atomic E-state index is 0.637. The molecule has 10 aromatic rings. The lowest BCUT2D eigenvalue weighted by Crippen LogP contribution is -2.02. The summed E-state index contributed by atoms with van der Waals surface area (Å²) in [6.45, 7) is 4.31. The van der Waals surface area contributed by atoms with Gasteiger partial charge < -0.3 is 4.57 Å². The summed E-state index contributed by atoms with van der Waals surface area (Å²) < 4.78 is 2.40. The van der Waals surface area contributed by atoms with E-state index >= 15 is 0 Å². The average Bonchev–Trinajstić information content (AvgIpc) is 3.59. The van der Waals surface area contributed by atoms with Crippen LogP contribution in [0.1, 0.15) is 11.1 Å². The van der Waals surface area contributed by atoms with Gasteiger partial charge in [0.05, 0.1) is 39.5 Å². The minimum Gasteiger partial charge on any atom is -0.309 e. The molecule has 5 nitrogen and oxygen atoms in total. The highest BCUT2D eigenvalue weighted by Gasteiger charge is 2.21. The molecule has 0 fully saturated rings. The number of fused-ring (bicyclic) bond motifs is 3. The Balaban J connectivity index is 1.28. The first kappa shape index (κ1) is 34.0. The Morgan fingerprint density at radius 1 is 0.333 bits per heavy atom. The number of hydrogen-bond donors (Lipinski definition) is 0. The molecular weight excluding hydrogens is 695 g/mol. The van der Waals surface area contributed by atoms with E-state index in [1.54, 1.807) is 0 Å². The van der Waals surface area contributed by atoms with E-state index in [0.29, 0.717) is 11.6 Å². The van der Waals surface area contributed by atoms with Crippen molar-refractivity contribution in [2.24, 2.45) is 0 Å². The number of nitrogens with zero attached hydrogens (tertiary/aromatic N) is 5. The molecule has 0 saturated heterocycles. The van der Waals surface area contributed by atoms with Gasteiger partial charge in [-0.05, 0) is 67.4 Å². The van der Waals surface area contributed by atoms with Crippen LogP contribution in [0.4, 0.5) is 0 Å². The Morgan fingerprint density at radius 3 is 1.21 bits per heavy atom. The molecule has 5 heteroatoms. The number of rotatable bonds is 7. The van der Waals surface area contributed by atoms with Crippen molar-refractivity contribution >= 4 is 21.8 Å². The summed E-state index contributed by atoms with van der Waals surface area (Å²) >= 11 is 0. The first-order valence-electron chi connectivity index (χ1n) is 19.2. The van der Waals surface area contributed by atoms with Crippen LogP contribution in [0.15, 0.2) is 188 Å². The van der Waals surface area contributed by atoms with Gasteiger partial charge in [0.1, 0.15) is 0 Å². The first-order valence-corrected chi connectivity index (χ1v) is 19.2. The maximum atomic E-state index is 5.36. The fraction of sp³-hybridized carbons (Fsp3) is 0.0385. The van der Waals surface area contributed by atoms with Crippen LogP contribution < -0.4 is 0 Å².